The summed E-state index contributed by atoms with van der Waals surface area (Å²) in [5.41, 5.74) is 3.30. The molecule has 5 nitrogen and oxygen atoms in total. The summed E-state index contributed by atoms with van der Waals surface area (Å²) < 4.78 is 0.669. The molecular formula is C14H12BrN3O2. The normalized spacial score (nSPS) is 10.8. The molecule has 0 radical (unpaired) electrons. The van der Waals surface area contributed by atoms with Crippen molar-refractivity contribution in [2.45, 2.75) is 6.54 Å². The summed E-state index contributed by atoms with van der Waals surface area (Å²) in [6, 6.07) is 11.0. The third-order valence-electron chi connectivity index (χ3n) is 3.02. The maximum Gasteiger partial charge on any atom is 0.323 e. The highest BCUT2D eigenvalue weighted by molar-refractivity contribution is 9.10. The number of halogens is 1. The van der Waals surface area contributed by atoms with Crippen LogP contribution in [0.15, 0.2) is 45.7 Å². The van der Waals surface area contributed by atoms with Gasteiger partial charge in [0.15, 0.2) is 0 Å². The molecule has 1 heterocycles. The largest absolute Gasteiger partial charge is 0.507 e. The third kappa shape index (κ3) is 2.55. The number of phenolic OH excluding ortho intramolecular Hbond substituents is 1. The molecule has 0 unspecified atom stereocenters. The maximum atomic E-state index is 11.2. The molecule has 0 aliphatic rings. The lowest BCUT2D eigenvalue weighted by atomic mass is 10.2. The maximum absolute atomic E-state index is 11.2. The van der Waals surface area contributed by atoms with Gasteiger partial charge in [-0.1, -0.05) is 6.07 Å². The van der Waals surface area contributed by atoms with Crippen LogP contribution in [0.1, 0.15) is 5.56 Å². The van der Waals surface area contributed by atoms with E-state index in [1.54, 1.807) is 6.07 Å². The molecule has 102 valence electrons. The summed E-state index contributed by atoms with van der Waals surface area (Å²) in [6.45, 7) is 0.624. The van der Waals surface area contributed by atoms with Gasteiger partial charge in [0, 0.05) is 12.2 Å². The van der Waals surface area contributed by atoms with E-state index in [-0.39, 0.29) is 11.4 Å². The monoisotopic (exact) mass is 333 g/mol. The first-order chi connectivity index (χ1) is 9.61. The Bertz CT molecular complexity index is 823. The fourth-order valence-electron chi connectivity index (χ4n) is 2.01. The van der Waals surface area contributed by atoms with Crippen LogP contribution in [0.4, 0.5) is 5.69 Å². The van der Waals surface area contributed by atoms with E-state index < -0.39 is 0 Å². The molecule has 0 bridgehead atoms. The lowest BCUT2D eigenvalue weighted by Gasteiger charge is -2.07. The molecule has 1 aromatic heterocycles. The number of nitrogens with one attached hydrogen (secondary N) is 3. The highest BCUT2D eigenvalue weighted by Gasteiger charge is 2.02. The van der Waals surface area contributed by atoms with Crippen molar-refractivity contribution in [3.8, 4) is 5.75 Å². The number of phenols is 1. The van der Waals surface area contributed by atoms with Crippen LogP contribution in [0, 0.1) is 0 Å². The summed E-state index contributed by atoms with van der Waals surface area (Å²) in [6.07, 6.45) is 0. The predicted molar refractivity (Wildman–Crippen MR) is 82.1 cm³/mol. The molecule has 6 heteroatoms. The summed E-state index contributed by atoms with van der Waals surface area (Å²) in [7, 11) is 0. The Morgan fingerprint density at radius 1 is 1.10 bits per heavy atom. The molecule has 2 aromatic carbocycles. The van der Waals surface area contributed by atoms with Crippen LogP contribution < -0.4 is 11.0 Å². The highest BCUT2D eigenvalue weighted by Crippen LogP contribution is 2.24. The Kier molecular flexibility index (Phi) is 3.23. The first-order valence-corrected chi connectivity index (χ1v) is 6.84. The number of rotatable bonds is 3. The third-order valence-corrected chi connectivity index (χ3v) is 3.66. The molecule has 4 N–H and O–H groups in total. The van der Waals surface area contributed by atoms with Gasteiger partial charge in [0.05, 0.1) is 15.5 Å². The average Bonchev–Trinajstić information content (AvgIpc) is 2.79. The minimum Gasteiger partial charge on any atom is -0.507 e. The lowest BCUT2D eigenvalue weighted by molar-refractivity contribution is 0.471. The summed E-state index contributed by atoms with van der Waals surface area (Å²) >= 11 is 3.29. The topological polar surface area (TPSA) is 80.9 Å². The van der Waals surface area contributed by atoms with Gasteiger partial charge in [-0.25, -0.2) is 4.79 Å². The molecule has 0 spiro atoms. The number of imidazole rings is 1. The van der Waals surface area contributed by atoms with Gasteiger partial charge in [-0.2, -0.15) is 0 Å². The Labute approximate surface area is 122 Å². The molecule has 0 atom stereocenters. The fourth-order valence-corrected chi connectivity index (χ4v) is 2.43. The van der Waals surface area contributed by atoms with E-state index in [9.17, 15) is 9.90 Å². The minimum atomic E-state index is -0.209. The molecule has 3 rings (SSSR count). The standard InChI is InChI=1S/C14H12BrN3O2/c15-10-5-8(1-4-13(10)19)7-16-9-2-3-11-12(6-9)18-14(20)17-11/h1-6,16,19H,7H2,(H2,17,18,20). The molecule has 0 fully saturated rings. The Morgan fingerprint density at radius 2 is 1.90 bits per heavy atom. The van der Waals surface area contributed by atoms with Crippen molar-refractivity contribution in [1.29, 1.82) is 0 Å². The van der Waals surface area contributed by atoms with Crippen LogP contribution >= 0.6 is 15.9 Å². The number of anilines is 1. The zero-order valence-corrected chi connectivity index (χ0v) is 12.0. The van der Waals surface area contributed by atoms with E-state index in [2.05, 4.69) is 31.2 Å². The van der Waals surface area contributed by atoms with Crippen molar-refractivity contribution in [2.75, 3.05) is 5.32 Å². The SMILES string of the molecule is O=c1[nH]c2ccc(NCc3ccc(O)c(Br)c3)cc2[nH]1. The van der Waals surface area contributed by atoms with E-state index in [4.69, 9.17) is 0 Å². The second-order valence-electron chi connectivity index (χ2n) is 4.48. The summed E-state index contributed by atoms with van der Waals surface area (Å²) in [4.78, 5) is 16.6. The minimum absolute atomic E-state index is 0.209. The van der Waals surface area contributed by atoms with Gasteiger partial charge in [-0.15, -0.1) is 0 Å². The van der Waals surface area contributed by atoms with E-state index in [1.807, 2.05) is 30.3 Å². The first kappa shape index (κ1) is 12.8. The number of hydrogen-bond acceptors (Lipinski definition) is 3. The van der Waals surface area contributed by atoms with Gasteiger partial charge in [0.25, 0.3) is 0 Å². The quantitative estimate of drug-likeness (QED) is 0.594. The van der Waals surface area contributed by atoms with Crippen molar-refractivity contribution in [1.82, 2.24) is 9.97 Å². The van der Waals surface area contributed by atoms with Gasteiger partial charge in [0.1, 0.15) is 5.75 Å². The second kappa shape index (κ2) is 5.05. The van der Waals surface area contributed by atoms with Crippen LogP contribution in [0.3, 0.4) is 0 Å². The molecule has 0 saturated heterocycles. The Hall–Kier alpha value is -2.21. The number of fused-ring (bicyclic) bond motifs is 1. The molecule has 3 aromatic rings. The molecule has 20 heavy (non-hydrogen) atoms. The predicted octanol–water partition coefficient (Wildman–Crippen LogP) is 2.94. The number of aromatic nitrogens is 2. The molecular weight excluding hydrogens is 322 g/mol. The molecule has 0 saturated carbocycles. The average molecular weight is 334 g/mol. The highest BCUT2D eigenvalue weighted by atomic mass is 79.9. The van der Waals surface area contributed by atoms with Gasteiger partial charge >= 0.3 is 5.69 Å². The van der Waals surface area contributed by atoms with Gasteiger partial charge < -0.3 is 20.4 Å². The van der Waals surface area contributed by atoms with Gasteiger partial charge in [-0.05, 0) is 51.8 Å². The van der Waals surface area contributed by atoms with Crippen LogP contribution in [0.5, 0.6) is 5.75 Å². The van der Waals surface area contributed by atoms with Crippen molar-refractivity contribution < 1.29 is 5.11 Å². The molecule has 0 aliphatic carbocycles. The Morgan fingerprint density at radius 3 is 2.70 bits per heavy atom. The van der Waals surface area contributed by atoms with Gasteiger partial charge in [0.2, 0.25) is 0 Å². The van der Waals surface area contributed by atoms with Crippen LogP contribution in [0.25, 0.3) is 11.0 Å². The zero-order valence-electron chi connectivity index (χ0n) is 10.4. The number of hydrogen-bond donors (Lipinski definition) is 4. The van der Waals surface area contributed by atoms with Gasteiger partial charge in [-0.3, -0.25) is 0 Å². The second-order valence-corrected chi connectivity index (χ2v) is 5.33. The van der Waals surface area contributed by atoms with Crippen LogP contribution in [-0.2, 0) is 6.54 Å². The zero-order chi connectivity index (χ0) is 14.1. The first-order valence-electron chi connectivity index (χ1n) is 6.05. The smallest absolute Gasteiger partial charge is 0.323 e. The van der Waals surface area contributed by atoms with Crippen molar-refractivity contribution >= 4 is 32.7 Å². The number of benzene rings is 2. The summed E-state index contributed by atoms with van der Waals surface area (Å²) in [5, 5.41) is 12.7. The van der Waals surface area contributed by atoms with E-state index >= 15 is 0 Å². The number of H-pyrrole nitrogens is 2. The van der Waals surface area contributed by atoms with Crippen LogP contribution in [-0.4, -0.2) is 15.1 Å². The Balaban J connectivity index is 1.78. The van der Waals surface area contributed by atoms with Crippen molar-refractivity contribution in [3.63, 3.8) is 0 Å². The van der Waals surface area contributed by atoms with Crippen molar-refractivity contribution in [3.05, 3.63) is 56.9 Å². The van der Waals surface area contributed by atoms with E-state index in [0.29, 0.717) is 11.0 Å². The van der Waals surface area contributed by atoms with Crippen molar-refractivity contribution in [2.24, 2.45) is 0 Å². The molecule has 0 aliphatic heterocycles. The fraction of sp³-hybridized carbons (Fsp3) is 0.0714. The number of aromatic hydroxyl groups is 1. The van der Waals surface area contributed by atoms with E-state index in [1.165, 1.54) is 0 Å². The van der Waals surface area contributed by atoms with Crippen LogP contribution in [0.2, 0.25) is 0 Å². The van der Waals surface area contributed by atoms with E-state index in [0.717, 1.165) is 22.3 Å². The lowest BCUT2D eigenvalue weighted by Crippen LogP contribution is -1.99. The summed E-state index contributed by atoms with van der Waals surface area (Å²) in [5.74, 6) is 0.222. The number of aromatic amines is 2. The molecule has 0 amide bonds.